The molecule has 15 heavy (non-hydrogen) atoms. The molecule has 0 spiro atoms. The second-order valence-corrected chi connectivity index (χ2v) is 3.37. The number of hydrogen-bond donors (Lipinski definition) is 1. The summed E-state index contributed by atoms with van der Waals surface area (Å²) in [7, 11) is 1.40. The molecule has 0 saturated carbocycles. The first-order valence-electron chi connectivity index (χ1n) is 4.95. The van der Waals surface area contributed by atoms with Crippen molar-refractivity contribution >= 4 is 16.9 Å². The summed E-state index contributed by atoms with van der Waals surface area (Å²) < 4.78 is 4.74. The van der Waals surface area contributed by atoms with Crippen LogP contribution in [0.3, 0.4) is 0 Å². The van der Waals surface area contributed by atoms with Gasteiger partial charge in [0.25, 0.3) is 0 Å². The number of fused-ring (bicyclic) bond motifs is 1. The van der Waals surface area contributed by atoms with Gasteiger partial charge in [0, 0.05) is 10.9 Å². The summed E-state index contributed by atoms with van der Waals surface area (Å²) in [6.45, 7) is 2.03. The number of carbonyl (C=O) groups is 1. The van der Waals surface area contributed by atoms with Gasteiger partial charge in [-0.2, -0.15) is 0 Å². The molecule has 3 nitrogen and oxygen atoms in total. The minimum atomic E-state index is -0.303. The first-order valence-corrected chi connectivity index (χ1v) is 4.95. The van der Waals surface area contributed by atoms with E-state index in [9.17, 15) is 4.79 Å². The Morgan fingerprint density at radius 1 is 1.40 bits per heavy atom. The summed E-state index contributed by atoms with van der Waals surface area (Å²) in [5.41, 5.74) is 2.58. The average Bonchev–Trinajstić information content (AvgIpc) is 2.66. The standard InChI is InChI=1S/C12H13NO2/c1-3-8-9-6-4-5-7-10(9)13-11(8)12(14)15-2/h4-7,13H,3H2,1-2H3. The van der Waals surface area contributed by atoms with Gasteiger partial charge in [0.2, 0.25) is 0 Å². The van der Waals surface area contributed by atoms with Crippen LogP contribution in [0.25, 0.3) is 10.9 Å². The Bertz CT molecular complexity index is 499. The third-order valence-corrected chi connectivity index (χ3v) is 2.56. The minimum Gasteiger partial charge on any atom is -0.464 e. The fraction of sp³-hybridized carbons (Fsp3) is 0.250. The van der Waals surface area contributed by atoms with Crippen LogP contribution in [0, 0.1) is 0 Å². The van der Waals surface area contributed by atoms with Gasteiger partial charge >= 0.3 is 5.97 Å². The van der Waals surface area contributed by atoms with Gasteiger partial charge in [-0.1, -0.05) is 25.1 Å². The summed E-state index contributed by atoms with van der Waals surface area (Å²) in [4.78, 5) is 14.6. The highest BCUT2D eigenvalue weighted by atomic mass is 16.5. The molecule has 2 rings (SSSR count). The Balaban J connectivity index is 2.69. The number of benzene rings is 1. The number of esters is 1. The van der Waals surface area contributed by atoms with Crippen molar-refractivity contribution in [1.82, 2.24) is 4.98 Å². The molecule has 3 heteroatoms. The van der Waals surface area contributed by atoms with Crippen LogP contribution in [0.1, 0.15) is 23.0 Å². The summed E-state index contributed by atoms with van der Waals surface area (Å²) in [6, 6.07) is 7.88. The maximum Gasteiger partial charge on any atom is 0.354 e. The van der Waals surface area contributed by atoms with E-state index in [1.807, 2.05) is 31.2 Å². The monoisotopic (exact) mass is 203 g/mol. The lowest BCUT2D eigenvalue weighted by Crippen LogP contribution is -2.04. The molecular weight excluding hydrogens is 190 g/mol. The molecule has 78 valence electrons. The molecule has 0 unspecified atom stereocenters. The molecule has 0 aliphatic heterocycles. The maximum atomic E-state index is 11.5. The van der Waals surface area contributed by atoms with Crippen molar-refractivity contribution in [2.45, 2.75) is 13.3 Å². The Labute approximate surface area is 88.1 Å². The number of H-pyrrole nitrogens is 1. The van der Waals surface area contributed by atoms with Gasteiger partial charge in [0.1, 0.15) is 5.69 Å². The Hall–Kier alpha value is -1.77. The van der Waals surface area contributed by atoms with Gasteiger partial charge in [-0.25, -0.2) is 4.79 Å². The molecule has 0 fully saturated rings. The molecule has 1 aromatic carbocycles. The van der Waals surface area contributed by atoms with E-state index in [0.717, 1.165) is 22.9 Å². The number of rotatable bonds is 2. The molecule has 0 aliphatic carbocycles. The van der Waals surface area contributed by atoms with Gasteiger partial charge in [-0.3, -0.25) is 0 Å². The SMILES string of the molecule is CCc1c(C(=O)OC)[nH]c2ccccc12. The first-order chi connectivity index (χ1) is 7.27. The third kappa shape index (κ3) is 1.50. The number of aryl methyl sites for hydroxylation is 1. The molecule has 0 bridgehead atoms. The van der Waals surface area contributed by atoms with Gasteiger partial charge in [0.05, 0.1) is 7.11 Å². The smallest absolute Gasteiger partial charge is 0.354 e. The van der Waals surface area contributed by atoms with E-state index in [4.69, 9.17) is 4.74 Å². The molecule has 2 aromatic rings. The highest BCUT2D eigenvalue weighted by molar-refractivity contribution is 5.98. The van der Waals surface area contributed by atoms with Crippen LogP contribution >= 0.6 is 0 Å². The molecule has 0 amide bonds. The number of ether oxygens (including phenoxy) is 1. The molecule has 0 saturated heterocycles. The van der Waals surface area contributed by atoms with Gasteiger partial charge in [-0.15, -0.1) is 0 Å². The van der Waals surface area contributed by atoms with Crippen molar-refractivity contribution in [1.29, 1.82) is 0 Å². The van der Waals surface area contributed by atoms with E-state index in [-0.39, 0.29) is 5.97 Å². The number of nitrogens with one attached hydrogen (secondary N) is 1. The van der Waals surface area contributed by atoms with E-state index in [2.05, 4.69) is 4.98 Å². The third-order valence-electron chi connectivity index (χ3n) is 2.56. The predicted octanol–water partition coefficient (Wildman–Crippen LogP) is 2.52. The van der Waals surface area contributed by atoms with Crippen molar-refractivity contribution in [2.75, 3.05) is 7.11 Å². The second kappa shape index (κ2) is 3.77. The number of carbonyl (C=O) groups excluding carboxylic acids is 1. The fourth-order valence-electron chi connectivity index (χ4n) is 1.84. The van der Waals surface area contributed by atoms with Crippen LogP contribution < -0.4 is 0 Å². The second-order valence-electron chi connectivity index (χ2n) is 3.37. The summed E-state index contributed by atoms with van der Waals surface area (Å²) >= 11 is 0. The van der Waals surface area contributed by atoms with E-state index in [1.165, 1.54) is 7.11 Å². The lowest BCUT2D eigenvalue weighted by Gasteiger charge is -1.98. The number of hydrogen-bond acceptors (Lipinski definition) is 2. The predicted molar refractivity (Wildman–Crippen MR) is 59.0 cm³/mol. The number of methoxy groups -OCH3 is 1. The van der Waals surface area contributed by atoms with Crippen molar-refractivity contribution in [3.8, 4) is 0 Å². The van der Waals surface area contributed by atoms with E-state index >= 15 is 0 Å². The molecule has 0 aliphatic rings. The van der Waals surface area contributed by atoms with Crippen LogP contribution in [0.4, 0.5) is 0 Å². The van der Waals surface area contributed by atoms with Crippen molar-refractivity contribution < 1.29 is 9.53 Å². The number of aromatic nitrogens is 1. The topological polar surface area (TPSA) is 42.1 Å². The first kappa shape index (κ1) is 9.77. The zero-order valence-electron chi connectivity index (χ0n) is 8.83. The van der Waals surface area contributed by atoms with Crippen LogP contribution in [-0.4, -0.2) is 18.1 Å². The van der Waals surface area contributed by atoms with Crippen molar-refractivity contribution in [3.05, 3.63) is 35.5 Å². The summed E-state index contributed by atoms with van der Waals surface area (Å²) in [6.07, 6.45) is 0.814. The Morgan fingerprint density at radius 3 is 2.80 bits per heavy atom. The van der Waals surface area contributed by atoms with Gasteiger partial charge in [-0.05, 0) is 18.1 Å². The van der Waals surface area contributed by atoms with E-state index in [0.29, 0.717) is 5.69 Å². The van der Waals surface area contributed by atoms with Crippen molar-refractivity contribution in [2.24, 2.45) is 0 Å². The van der Waals surface area contributed by atoms with Gasteiger partial charge in [0.15, 0.2) is 0 Å². The lowest BCUT2D eigenvalue weighted by atomic mass is 10.1. The highest BCUT2D eigenvalue weighted by Gasteiger charge is 2.15. The molecule has 0 atom stereocenters. The normalized spacial score (nSPS) is 10.5. The molecular formula is C12H13NO2. The molecule has 0 radical (unpaired) electrons. The Morgan fingerprint density at radius 2 is 2.13 bits per heavy atom. The number of aromatic amines is 1. The van der Waals surface area contributed by atoms with Gasteiger partial charge < -0.3 is 9.72 Å². The Kier molecular flexibility index (Phi) is 2.46. The highest BCUT2D eigenvalue weighted by Crippen LogP contribution is 2.23. The molecule has 1 N–H and O–H groups in total. The van der Waals surface area contributed by atoms with Crippen LogP contribution in [0.2, 0.25) is 0 Å². The fourth-order valence-corrected chi connectivity index (χ4v) is 1.84. The van der Waals surface area contributed by atoms with E-state index in [1.54, 1.807) is 0 Å². The van der Waals surface area contributed by atoms with Crippen molar-refractivity contribution in [3.63, 3.8) is 0 Å². The summed E-state index contributed by atoms with van der Waals surface area (Å²) in [5, 5.41) is 1.10. The molecule has 1 aromatic heterocycles. The van der Waals surface area contributed by atoms with Crippen LogP contribution in [0.5, 0.6) is 0 Å². The lowest BCUT2D eigenvalue weighted by molar-refractivity contribution is 0.0594. The minimum absolute atomic E-state index is 0.303. The van der Waals surface area contributed by atoms with E-state index < -0.39 is 0 Å². The summed E-state index contributed by atoms with van der Waals surface area (Å²) in [5.74, 6) is -0.303. The quantitative estimate of drug-likeness (QED) is 0.762. The zero-order valence-corrected chi connectivity index (χ0v) is 8.83. The number of para-hydroxylation sites is 1. The zero-order chi connectivity index (χ0) is 10.8. The van der Waals surface area contributed by atoms with Crippen LogP contribution in [0.15, 0.2) is 24.3 Å². The largest absolute Gasteiger partial charge is 0.464 e. The average molecular weight is 203 g/mol. The maximum absolute atomic E-state index is 11.5. The van der Waals surface area contributed by atoms with Crippen LogP contribution in [-0.2, 0) is 11.2 Å². The molecule has 1 heterocycles.